The summed E-state index contributed by atoms with van der Waals surface area (Å²) in [6, 6.07) is 0. The Balaban J connectivity index is 2.77. The second kappa shape index (κ2) is 6.86. The summed E-state index contributed by atoms with van der Waals surface area (Å²) in [5, 5.41) is 10.00. The van der Waals surface area contributed by atoms with Crippen molar-refractivity contribution >= 4 is 22.4 Å². The van der Waals surface area contributed by atoms with E-state index in [0.29, 0.717) is 10.6 Å². The minimum atomic E-state index is -0.880. The molecule has 0 atom stereocenters. The van der Waals surface area contributed by atoms with Crippen LogP contribution in [0.5, 0.6) is 0 Å². The zero-order valence-electron chi connectivity index (χ0n) is 12.3. The van der Waals surface area contributed by atoms with Crippen LogP contribution in [0.25, 0.3) is 0 Å². The van der Waals surface area contributed by atoms with Crippen molar-refractivity contribution in [3.8, 4) is 0 Å². The minimum Gasteiger partial charge on any atom is -0.477 e. The molecule has 0 saturated carbocycles. The van der Waals surface area contributed by atoms with Crippen LogP contribution in [-0.2, 0) is 0 Å². The van der Waals surface area contributed by atoms with E-state index in [1.165, 1.54) is 11.3 Å². The van der Waals surface area contributed by atoms with E-state index in [0.717, 1.165) is 24.6 Å². The quantitative estimate of drug-likeness (QED) is 0.833. The van der Waals surface area contributed by atoms with E-state index in [1.54, 1.807) is 0 Å². The van der Waals surface area contributed by atoms with Gasteiger partial charge in [0.2, 0.25) is 0 Å². The van der Waals surface area contributed by atoms with Gasteiger partial charge in [0, 0.05) is 13.6 Å². The molecule has 19 heavy (non-hydrogen) atoms. The molecule has 0 amide bonds. The number of hydrogen-bond donors (Lipinski definition) is 1. The average Bonchev–Trinajstić information content (AvgIpc) is 2.73. The van der Waals surface area contributed by atoms with Crippen LogP contribution in [-0.4, -0.2) is 55.2 Å². The molecule has 0 aromatic carbocycles. The van der Waals surface area contributed by atoms with Crippen LogP contribution < -0.4 is 4.90 Å². The molecule has 0 fully saturated rings. The number of nitrogens with zero attached hydrogens (tertiary/aromatic N) is 3. The Morgan fingerprint density at radius 3 is 2.37 bits per heavy atom. The molecule has 0 unspecified atom stereocenters. The van der Waals surface area contributed by atoms with Gasteiger partial charge in [-0.05, 0) is 33.0 Å². The predicted octanol–water partition coefficient (Wildman–Crippen LogP) is 2.35. The number of aromatic carboxylic acids is 1. The summed E-state index contributed by atoms with van der Waals surface area (Å²) in [5.74, 6) is -0.750. The summed E-state index contributed by atoms with van der Waals surface area (Å²) in [4.78, 5) is 20.2. The molecule has 108 valence electrons. The molecular formula is C13H23N3O2S. The standard InChI is InChI=1S/C13H23N3O2S/c1-9(2)10-11(12(17)18)19-13(14-10)16(5)8-6-7-15(3)4/h9H,6-8H2,1-5H3,(H,17,18). The molecule has 1 aromatic heterocycles. The third kappa shape index (κ3) is 4.47. The third-order valence-corrected chi connectivity index (χ3v) is 3.98. The van der Waals surface area contributed by atoms with Crippen LogP contribution >= 0.6 is 11.3 Å². The summed E-state index contributed by atoms with van der Waals surface area (Å²) >= 11 is 1.26. The van der Waals surface area contributed by atoms with Crippen molar-refractivity contribution in [2.75, 3.05) is 39.1 Å². The van der Waals surface area contributed by atoms with Crippen molar-refractivity contribution in [2.45, 2.75) is 26.2 Å². The summed E-state index contributed by atoms with van der Waals surface area (Å²) in [7, 11) is 6.05. The molecule has 1 heterocycles. The van der Waals surface area contributed by atoms with Crippen LogP contribution in [0.1, 0.15) is 41.6 Å². The Bertz CT molecular complexity index is 430. The van der Waals surface area contributed by atoms with Crippen molar-refractivity contribution in [1.82, 2.24) is 9.88 Å². The first-order chi connectivity index (χ1) is 8.82. The van der Waals surface area contributed by atoms with Crippen LogP contribution in [0.3, 0.4) is 0 Å². The van der Waals surface area contributed by atoms with Crippen LogP contribution in [0.15, 0.2) is 0 Å². The zero-order chi connectivity index (χ0) is 14.6. The number of carboxylic acids is 1. The maximum atomic E-state index is 11.2. The first-order valence-electron chi connectivity index (χ1n) is 6.42. The van der Waals surface area contributed by atoms with E-state index in [4.69, 9.17) is 0 Å². The maximum Gasteiger partial charge on any atom is 0.347 e. The summed E-state index contributed by atoms with van der Waals surface area (Å²) in [6.07, 6.45) is 1.03. The zero-order valence-corrected chi connectivity index (χ0v) is 13.1. The molecule has 1 aromatic rings. The SMILES string of the molecule is CC(C)c1nc(N(C)CCCN(C)C)sc1C(=O)O. The number of carbonyl (C=O) groups is 1. The second-order valence-corrected chi connectivity index (χ2v) is 6.23. The average molecular weight is 285 g/mol. The Morgan fingerprint density at radius 2 is 1.95 bits per heavy atom. The van der Waals surface area contributed by atoms with E-state index < -0.39 is 5.97 Å². The summed E-state index contributed by atoms with van der Waals surface area (Å²) in [6.45, 7) is 5.83. The molecule has 0 aliphatic heterocycles. The van der Waals surface area contributed by atoms with Gasteiger partial charge in [0.05, 0.1) is 5.69 Å². The van der Waals surface area contributed by atoms with Crippen LogP contribution in [0.2, 0.25) is 0 Å². The van der Waals surface area contributed by atoms with Gasteiger partial charge in [-0.25, -0.2) is 9.78 Å². The Kier molecular flexibility index (Phi) is 5.75. The lowest BCUT2D eigenvalue weighted by Crippen LogP contribution is -2.23. The molecule has 0 radical (unpaired) electrons. The van der Waals surface area contributed by atoms with Gasteiger partial charge in [-0.1, -0.05) is 25.2 Å². The molecule has 0 aliphatic carbocycles. The van der Waals surface area contributed by atoms with Crippen molar-refractivity contribution < 1.29 is 9.90 Å². The monoisotopic (exact) mass is 285 g/mol. The molecular weight excluding hydrogens is 262 g/mol. The molecule has 1 N–H and O–H groups in total. The normalized spacial score (nSPS) is 11.3. The van der Waals surface area contributed by atoms with Gasteiger partial charge in [-0.2, -0.15) is 0 Å². The molecule has 0 spiro atoms. The summed E-state index contributed by atoms with van der Waals surface area (Å²) < 4.78 is 0. The highest BCUT2D eigenvalue weighted by Crippen LogP contribution is 2.30. The van der Waals surface area contributed by atoms with E-state index >= 15 is 0 Å². The Labute approximate surface area is 118 Å². The number of aromatic nitrogens is 1. The van der Waals surface area contributed by atoms with Gasteiger partial charge in [-0.3, -0.25) is 0 Å². The van der Waals surface area contributed by atoms with Crippen molar-refractivity contribution in [2.24, 2.45) is 0 Å². The van der Waals surface area contributed by atoms with Crippen molar-refractivity contribution in [1.29, 1.82) is 0 Å². The largest absolute Gasteiger partial charge is 0.477 e. The molecule has 0 saturated heterocycles. The first-order valence-corrected chi connectivity index (χ1v) is 7.24. The lowest BCUT2D eigenvalue weighted by Gasteiger charge is -2.17. The number of carboxylic acid groups (broad SMARTS) is 1. The van der Waals surface area contributed by atoms with Crippen molar-refractivity contribution in [3.63, 3.8) is 0 Å². The van der Waals surface area contributed by atoms with Gasteiger partial charge in [-0.15, -0.1) is 0 Å². The van der Waals surface area contributed by atoms with E-state index in [9.17, 15) is 9.90 Å². The second-order valence-electron chi connectivity index (χ2n) is 5.25. The van der Waals surface area contributed by atoms with E-state index in [1.807, 2.05) is 39.9 Å². The predicted molar refractivity (Wildman–Crippen MR) is 79.6 cm³/mol. The number of hydrogen-bond acceptors (Lipinski definition) is 5. The number of thiazole rings is 1. The lowest BCUT2D eigenvalue weighted by atomic mass is 10.1. The minimum absolute atomic E-state index is 0.131. The Hall–Kier alpha value is -1.14. The molecule has 0 aliphatic rings. The molecule has 1 rings (SSSR count). The van der Waals surface area contributed by atoms with Crippen LogP contribution in [0.4, 0.5) is 5.13 Å². The highest BCUT2D eigenvalue weighted by Gasteiger charge is 2.21. The lowest BCUT2D eigenvalue weighted by molar-refractivity contribution is 0.0700. The fraction of sp³-hybridized carbons (Fsp3) is 0.692. The fourth-order valence-corrected chi connectivity index (χ4v) is 2.79. The summed E-state index contributed by atoms with van der Waals surface area (Å²) in [5.41, 5.74) is 0.687. The molecule has 5 nitrogen and oxygen atoms in total. The highest BCUT2D eigenvalue weighted by atomic mass is 32.1. The van der Waals surface area contributed by atoms with E-state index in [-0.39, 0.29) is 5.92 Å². The van der Waals surface area contributed by atoms with Gasteiger partial charge in [0.15, 0.2) is 5.13 Å². The van der Waals surface area contributed by atoms with Crippen LogP contribution in [0, 0.1) is 0 Å². The number of rotatable bonds is 7. The maximum absolute atomic E-state index is 11.2. The highest BCUT2D eigenvalue weighted by molar-refractivity contribution is 7.17. The molecule has 0 bridgehead atoms. The van der Waals surface area contributed by atoms with Gasteiger partial charge < -0.3 is 14.9 Å². The van der Waals surface area contributed by atoms with Gasteiger partial charge in [0.25, 0.3) is 0 Å². The molecule has 6 heteroatoms. The smallest absolute Gasteiger partial charge is 0.347 e. The topological polar surface area (TPSA) is 56.7 Å². The van der Waals surface area contributed by atoms with E-state index in [2.05, 4.69) is 9.88 Å². The third-order valence-electron chi connectivity index (χ3n) is 2.81. The first kappa shape index (κ1) is 15.9. The van der Waals surface area contributed by atoms with Crippen molar-refractivity contribution in [3.05, 3.63) is 10.6 Å². The number of anilines is 1. The van der Waals surface area contributed by atoms with Gasteiger partial charge >= 0.3 is 5.97 Å². The fourth-order valence-electron chi connectivity index (χ4n) is 1.75. The van der Waals surface area contributed by atoms with Gasteiger partial charge in [0.1, 0.15) is 4.88 Å². The Morgan fingerprint density at radius 1 is 1.32 bits per heavy atom.